The highest BCUT2D eigenvalue weighted by Gasteiger charge is 2.06. The van der Waals surface area contributed by atoms with Gasteiger partial charge < -0.3 is 4.57 Å². The third-order valence-corrected chi connectivity index (χ3v) is 2.26. The van der Waals surface area contributed by atoms with Gasteiger partial charge in [-0.2, -0.15) is 5.26 Å². The largest absolute Gasteiger partial charge is 0.342 e. The molecule has 1 heterocycles. The Balaban J connectivity index is 2.59. The number of aryl methyl sites for hydroxylation is 1. The molecular formula is C12H10N2. The van der Waals surface area contributed by atoms with Crippen LogP contribution in [0.5, 0.6) is 0 Å². The van der Waals surface area contributed by atoms with Crippen molar-refractivity contribution in [2.75, 3.05) is 0 Å². The van der Waals surface area contributed by atoms with Gasteiger partial charge in [-0.1, -0.05) is 30.3 Å². The van der Waals surface area contributed by atoms with Crippen molar-refractivity contribution >= 4 is 0 Å². The first-order chi connectivity index (χ1) is 6.83. The fourth-order valence-corrected chi connectivity index (χ4v) is 1.52. The van der Waals surface area contributed by atoms with Gasteiger partial charge in [0.25, 0.3) is 0 Å². The van der Waals surface area contributed by atoms with E-state index in [2.05, 4.69) is 6.07 Å². The molecule has 2 heteroatoms. The van der Waals surface area contributed by atoms with Gasteiger partial charge in [0.1, 0.15) is 11.8 Å². The van der Waals surface area contributed by atoms with Crippen molar-refractivity contribution in [3.63, 3.8) is 0 Å². The van der Waals surface area contributed by atoms with Gasteiger partial charge in [0.05, 0.1) is 0 Å². The zero-order chi connectivity index (χ0) is 9.97. The number of nitrogens with zero attached hydrogens (tertiary/aromatic N) is 2. The van der Waals surface area contributed by atoms with Gasteiger partial charge in [0.15, 0.2) is 0 Å². The Labute approximate surface area is 83.0 Å². The summed E-state index contributed by atoms with van der Waals surface area (Å²) in [6, 6.07) is 14.1. The van der Waals surface area contributed by atoms with E-state index in [1.165, 1.54) is 0 Å². The Morgan fingerprint density at radius 1 is 1.14 bits per heavy atom. The highest BCUT2D eigenvalue weighted by atomic mass is 14.9. The molecule has 68 valence electrons. The summed E-state index contributed by atoms with van der Waals surface area (Å²) in [7, 11) is 1.88. The van der Waals surface area contributed by atoms with Crippen LogP contribution in [0.3, 0.4) is 0 Å². The molecular weight excluding hydrogens is 172 g/mol. The lowest BCUT2D eigenvalue weighted by Crippen LogP contribution is -1.90. The predicted octanol–water partition coefficient (Wildman–Crippen LogP) is 2.56. The van der Waals surface area contributed by atoms with Gasteiger partial charge in [-0.15, -0.1) is 0 Å². The van der Waals surface area contributed by atoms with Gasteiger partial charge in [0.2, 0.25) is 0 Å². The van der Waals surface area contributed by atoms with E-state index < -0.39 is 0 Å². The molecule has 0 spiro atoms. The molecule has 0 fully saturated rings. The molecule has 0 amide bonds. The Hall–Kier alpha value is -2.01. The number of nitriles is 1. The van der Waals surface area contributed by atoms with E-state index in [0.717, 1.165) is 11.1 Å². The van der Waals surface area contributed by atoms with Gasteiger partial charge in [-0.25, -0.2) is 0 Å². The Morgan fingerprint density at radius 2 is 1.86 bits per heavy atom. The van der Waals surface area contributed by atoms with Gasteiger partial charge in [-0.3, -0.25) is 0 Å². The van der Waals surface area contributed by atoms with E-state index in [1.807, 2.05) is 54.2 Å². The highest BCUT2D eigenvalue weighted by Crippen LogP contribution is 2.23. The predicted molar refractivity (Wildman–Crippen MR) is 55.6 cm³/mol. The smallest absolute Gasteiger partial charge is 0.127 e. The fraction of sp³-hybridized carbons (Fsp3) is 0.0833. The molecule has 0 saturated heterocycles. The first-order valence-electron chi connectivity index (χ1n) is 4.44. The second kappa shape index (κ2) is 3.39. The van der Waals surface area contributed by atoms with Crippen LogP contribution < -0.4 is 0 Å². The van der Waals surface area contributed by atoms with Gasteiger partial charge in [0, 0.05) is 18.8 Å². The van der Waals surface area contributed by atoms with Crippen LogP contribution in [0, 0.1) is 11.3 Å². The monoisotopic (exact) mass is 182 g/mol. The lowest BCUT2D eigenvalue weighted by atomic mass is 10.1. The van der Waals surface area contributed by atoms with Crippen LogP contribution in [-0.4, -0.2) is 4.57 Å². The molecule has 0 atom stereocenters. The average Bonchev–Trinajstić information content (AvgIpc) is 2.61. The number of benzene rings is 1. The maximum Gasteiger partial charge on any atom is 0.127 e. The molecule has 1 aromatic carbocycles. The van der Waals surface area contributed by atoms with E-state index in [1.54, 1.807) is 0 Å². The van der Waals surface area contributed by atoms with E-state index in [0.29, 0.717) is 5.69 Å². The lowest BCUT2D eigenvalue weighted by Gasteiger charge is -1.99. The summed E-state index contributed by atoms with van der Waals surface area (Å²) in [6.07, 6.45) is 1.90. The first-order valence-corrected chi connectivity index (χ1v) is 4.44. The summed E-state index contributed by atoms with van der Waals surface area (Å²) in [4.78, 5) is 0. The molecule has 1 aromatic heterocycles. The maximum atomic E-state index is 8.98. The Bertz CT molecular complexity index is 475. The Kier molecular flexibility index (Phi) is 2.08. The minimum absolute atomic E-state index is 0.705. The van der Waals surface area contributed by atoms with Crippen LogP contribution in [0.4, 0.5) is 0 Å². The van der Waals surface area contributed by atoms with Crippen molar-refractivity contribution in [3.8, 4) is 17.2 Å². The minimum atomic E-state index is 0.705. The molecule has 0 aliphatic heterocycles. The zero-order valence-corrected chi connectivity index (χ0v) is 7.94. The lowest BCUT2D eigenvalue weighted by molar-refractivity contribution is 0.909. The molecule has 2 rings (SSSR count). The Morgan fingerprint density at radius 3 is 2.50 bits per heavy atom. The van der Waals surface area contributed by atoms with E-state index in [-0.39, 0.29) is 0 Å². The second-order valence-electron chi connectivity index (χ2n) is 3.17. The third-order valence-electron chi connectivity index (χ3n) is 2.26. The van der Waals surface area contributed by atoms with Gasteiger partial charge >= 0.3 is 0 Å². The summed E-state index contributed by atoms with van der Waals surface area (Å²) in [6.45, 7) is 0. The normalized spacial score (nSPS) is 9.71. The van der Waals surface area contributed by atoms with E-state index >= 15 is 0 Å². The van der Waals surface area contributed by atoms with Gasteiger partial charge in [-0.05, 0) is 11.6 Å². The van der Waals surface area contributed by atoms with Crippen LogP contribution in [0.2, 0.25) is 0 Å². The first kappa shape index (κ1) is 8.58. The number of rotatable bonds is 1. The van der Waals surface area contributed by atoms with Crippen LogP contribution in [0.1, 0.15) is 5.69 Å². The summed E-state index contributed by atoms with van der Waals surface area (Å²) < 4.78 is 1.84. The highest BCUT2D eigenvalue weighted by molar-refractivity contribution is 5.69. The van der Waals surface area contributed by atoms with E-state index in [4.69, 9.17) is 5.26 Å². The number of hydrogen-bond acceptors (Lipinski definition) is 1. The molecule has 0 aliphatic carbocycles. The van der Waals surface area contributed by atoms with Crippen LogP contribution in [0.15, 0.2) is 42.6 Å². The second-order valence-corrected chi connectivity index (χ2v) is 3.17. The quantitative estimate of drug-likeness (QED) is 0.666. The van der Waals surface area contributed by atoms with Crippen molar-refractivity contribution in [2.24, 2.45) is 7.05 Å². The van der Waals surface area contributed by atoms with Crippen molar-refractivity contribution in [3.05, 3.63) is 48.3 Å². The van der Waals surface area contributed by atoms with Crippen molar-refractivity contribution < 1.29 is 0 Å². The van der Waals surface area contributed by atoms with Crippen molar-refractivity contribution in [2.45, 2.75) is 0 Å². The topological polar surface area (TPSA) is 28.7 Å². The molecule has 0 radical (unpaired) electrons. The summed E-state index contributed by atoms with van der Waals surface area (Å²) in [5.74, 6) is 0. The molecule has 0 aliphatic rings. The fourth-order valence-electron chi connectivity index (χ4n) is 1.52. The van der Waals surface area contributed by atoms with Crippen molar-refractivity contribution in [1.29, 1.82) is 5.26 Å². The summed E-state index contributed by atoms with van der Waals surface area (Å²) in [5.41, 5.74) is 2.79. The van der Waals surface area contributed by atoms with Crippen LogP contribution >= 0.6 is 0 Å². The third kappa shape index (κ3) is 1.29. The summed E-state index contributed by atoms with van der Waals surface area (Å²) in [5, 5.41) is 8.98. The number of aromatic nitrogens is 1. The molecule has 14 heavy (non-hydrogen) atoms. The molecule has 0 N–H and O–H groups in total. The maximum absolute atomic E-state index is 8.98. The number of hydrogen-bond donors (Lipinski definition) is 0. The standard InChI is InChI=1S/C12H10N2/c1-14-8-7-11(12(14)9-13)10-5-3-2-4-6-10/h2-8H,1H3. The molecule has 0 bridgehead atoms. The average molecular weight is 182 g/mol. The van der Waals surface area contributed by atoms with Crippen LogP contribution in [0.25, 0.3) is 11.1 Å². The SMILES string of the molecule is Cn1ccc(-c2ccccc2)c1C#N. The van der Waals surface area contributed by atoms with E-state index in [9.17, 15) is 0 Å². The summed E-state index contributed by atoms with van der Waals surface area (Å²) >= 11 is 0. The molecule has 2 aromatic rings. The molecule has 0 saturated carbocycles. The molecule has 2 nitrogen and oxygen atoms in total. The zero-order valence-electron chi connectivity index (χ0n) is 7.94. The van der Waals surface area contributed by atoms with Crippen LogP contribution in [-0.2, 0) is 7.05 Å². The minimum Gasteiger partial charge on any atom is -0.342 e. The molecule has 0 unspecified atom stereocenters. The van der Waals surface area contributed by atoms with Crippen molar-refractivity contribution in [1.82, 2.24) is 4.57 Å².